The Balaban J connectivity index is 1.92. The standard InChI is InChI=1S/C20H30FN3O4S/c1-13(2)14(3)22-19(25)16-9-11-24(12-10-16)20(26)15(4)23-29(27,28)18-8-6-5-7-17(18)21/h5-8,13-16,23H,9-12H2,1-4H3,(H,22,25)/t14?,15-/m0/s1. The summed E-state index contributed by atoms with van der Waals surface area (Å²) in [6.07, 6.45) is 1.05. The summed E-state index contributed by atoms with van der Waals surface area (Å²) in [6.45, 7) is 8.22. The Morgan fingerprint density at radius 1 is 1.10 bits per heavy atom. The molecule has 1 saturated heterocycles. The summed E-state index contributed by atoms with van der Waals surface area (Å²) in [7, 11) is -4.16. The number of piperidine rings is 1. The van der Waals surface area contributed by atoms with Crippen LogP contribution < -0.4 is 10.0 Å². The zero-order valence-corrected chi connectivity index (χ0v) is 18.1. The molecule has 1 aliphatic heterocycles. The van der Waals surface area contributed by atoms with E-state index in [4.69, 9.17) is 0 Å². The summed E-state index contributed by atoms with van der Waals surface area (Å²) in [5.41, 5.74) is 0. The molecule has 0 radical (unpaired) electrons. The lowest BCUT2D eigenvalue weighted by atomic mass is 9.94. The molecule has 29 heavy (non-hydrogen) atoms. The number of halogens is 1. The highest BCUT2D eigenvalue weighted by Crippen LogP contribution is 2.20. The van der Waals surface area contributed by atoms with Crippen LogP contribution in [0.2, 0.25) is 0 Å². The molecule has 1 aliphatic rings. The van der Waals surface area contributed by atoms with Crippen LogP contribution in [-0.4, -0.2) is 50.3 Å². The number of nitrogens with zero attached hydrogens (tertiary/aromatic N) is 1. The Morgan fingerprint density at radius 3 is 2.24 bits per heavy atom. The van der Waals surface area contributed by atoms with Crippen molar-refractivity contribution < 1.29 is 22.4 Å². The minimum absolute atomic E-state index is 0.00777. The molecule has 2 atom stereocenters. The average Bonchev–Trinajstić information content (AvgIpc) is 2.67. The molecular formula is C20H30FN3O4S. The van der Waals surface area contributed by atoms with Crippen LogP contribution in [0.25, 0.3) is 0 Å². The quantitative estimate of drug-likeness (QED) is 0.695. The van der Waals surface area contributed by atoms with E-state index in [2.05, 4.69) is 10.0 Å². The van der Waals surface area contributed by atoms with Gasteiger partial charge >= 0.3 is 0 Å². The molecule has 1 heterocycles. The maximum absolute atomic E-state index is 13.8. The third-order valence-corrected chi connectivity index (χ3v) is 6.95. The molecule has 1 aromatic carbocycles. The first kappa shape index (κ1) is 23.3. The fourth-order valence-electron chi connectivity index (χ4n) is 3.15. The van der Waals surface area contributed by atoms with Gasteiger partial charge in [-0.15, -0.1) is 0 Å². The zero-order valence-electron chi connectivity index (χ0n) is 17.3. The first-order valence-corrected chi connectivity index (χ1v) is 11.4. The highest BCUT2D eigenvalue weighted by Gasteiger charge is 2.32. The van der Waals surface area contributed by atoms with Crippen molar-refractivity contribution in [3.05, 3.63) is 30.1 Å². The third kappa shape index (κ3) is 5.99. The minimum atomic E-state index is -4.16. The van der Waals surface area contributed by atoms with Gasteiger partial charge in [-0.25, -0.2) is 12.8 Å². The molecule has 0 spiro atoms. The maximum atomic E-state index is 13.8. The predicted molar refractivity (Wildman–Crippen MR) is 108 cm³/mol. The summed E-state index contributed by atoms with van der Waals surface area (Å²) in [4.78, 5) is 26.1. The molecule has 2 rings (SSSR count). The molecule has 7 nitrogen and oxygen atoms in total. The molecule has 0 aromatic heterocycles. The number of nitrogens with one attached hydrogen (secondary N) is 2. The number of sulfonamides is 1. The van der Waals surface area contributed by atoms with Crippen molar-refractivity contribution in [1.82, 2.24) is 14.9 Å². The SMILES string of the molecule is CC(C)C(C)NC(=O)C1CCN(C(=O)[C@H](C)NS(=O)(=O)c2ccccc2F)CC1. The Labute approximate surface area is 172 Å². The van der Waals surface area contributed by atoms with Crippen molar-refractivity contribution in [2.24, 2.45) is 11.8 Å². The molecule has 1 unspecified atom stereocenters. The summed E-state index contributed by atoms with van der Waals surface area (Å²) < 4.78 is 40.8. The number of rotatable bonds is 7. The smallest absolute Gasteiger partial charge is 0.244 e. The predicted octanol–water partition coefficient (Wildman–Crippen LogP) is 1.89. The lowest BCUT2D eigenvalue weighted by molar-refractivity contribution is -0.136. The van der Waals surface area contributed by atoms with Gasteiger partial charge in [-0.1, -0.05) is 26.0 Å². The van der Waals surface area contributed by atoms with Gasteiger partial charge in [-0.3, -0.25) is 9.59 Å². The van der Waals surface area contributed by atoms with E-state index in [0.717, 1.165) is 12.1 Å². The van der Waals surface area contributed by atoms with Crippen LogP contribution in [-0.2, 0) is 19.6 Å². The maximum Gasteiger partial charge on any atom is 0.244 e. The van der Waals surface area contributed by atoms with E-state index in [1.807, 2.05) is 20.8 Å². The molecular weight excluding hydrogens is 397 g/mol. The molecule has 0 aliphatic carbocycles. The van der Waals surface area contributed by atoms with Gasteiger partial charge in [0.05, 0.1) is 6.04 Å². The van der Waals surface area contributed by atoms with E-state index < -0.39 is 26.8 Å². The van der Waals surface area contributed by atoms with Crippen LogP contribution >= 0.6 is 0 Å². The van der Waals surface area contributed by atoms with Crippen LogP contribution in [0.1, 0.15) is 40.5 Å². The van der Waals surface area contributed by atoms with Crippen molar-refractivity contribution in [1.29, 1.82) is 0 Å². The third-order valence-electron chi connectivity index (χ3n) is 5.38. The van der Waals surface area contributed by atoms with Crippen molar-refractivity contribution in [2.45, 2.75) is 57.5 Å². The molecule has 9 heteroatoms. The Kier molecular flexibility index (Phi) is 7.76. The van der Waals surface area contributed by atoms with Gasteiger partial charge < -0.3 is 10.2 Å². The van der Waals surface area contributed by atoms with Crippen molar-refractivity contribution >= 4 is 21.8 Å². The first-order valence-electron chi connectivity index (χ1n) is 9.89. The normalized spacial score (nSPS) is 17.8. The van der Waals surface area contributed by atoms with Gasteiger partial charge in [0.1, 0.15) is 10.7 Å². The minimum Gasteiger partial charge on any atom is -0.353 e. The second-order valence-electron chi connectivity index (χ2n) is 7.91. The second kappa shape index (κ2) is 9.67. The molecule has 1 aromatic rings. The van der Waals surface area contributed by atoms with E-state index >= 15 is 0 Å². The fourth-order valence-corrected chi connectivity index (χ4v) is 4.43. The Morgan fingerprint density at radius 2 is 1.69 bits per heavy atom. The van der Waals surface area contributed by atoms with E-state index in [0.29, 0.717) is 31.8 Å². The molecule has 162 valence electrons. The van der Waals surface area contributed by atoms with E-state index in [1.54, 1.807) is 4.90 Å². The molecule has 1 fully saturated rings. The summed E-state index contributed by atoms with van der Waals surface area (Å²) in [5.74, 6) is -1.09. The number of hydrogen-bond donors (Lipinski definition) is 2. The topological polar surface area (TPSA) is 95.6 Å². The number of hydrogen-bond acceptors (Lipinski definition) is 4. The number of amides is 2. The number of carbonyl (C=O) groups excluding carboxylic acids is 2. The number of benzene rings is 1. The highest BCUT2D eigenvalue weighted by atomic mass is 32.2. The van der Waals surface area contributed by atoms with Gasteiger partial charge in [0.2, 0.25) is 21.8 Å². The average molecular weight is 428 g/mol. The monoisotopic (exact) mass is 427 g/mol. The lowest BCUT2D eigenvalue weighted by Gasteiger charge is -2.33. The number of likely N-dealkylation sites (tertiary alicyclic amines) is 1. The van der Waals surface area contributed by atoms with Gasteiger partial charge in [-0.2, -0.15) is 4.72 Å². The van der Waals surface area contributed by atoms with Crippen molar-refractivity contribution in [3.8, 4) is 0 Å². The van der Waals surface area contributed by atoms with Crippen LogP contribution in [0.3, 0.4) is 0 Å². The molecule has 2 amide bonds. The van der Waals surface area contributed by atoms with Crippen LogP contribution in [0.4, 0.5) is 4.39 Å². The number of carbonyl (C=O) groups is 2. The first-order chi connectivity index (χ1) is 13.5. The lowest BCUT2D eigenvalue weighted by Crippen LogP contribution is -2.51. The van der Waals surface area contributed by atoms with Crippen molar-refractivity contribution in [3.63, 3.8) is 0 Å². The second-order valence-corrected chi connectivity index (χ2v) is 9.60. The summed E-state index contributed by atoms with van der Waals surface area (Å²) in [5, 5.41) is 3.00. The zero-order chi connectivity index (χ0) is 21.8. The van der Waals surface area contributed by atoms with Gasteiger partial charge in [0, 0.05) is 25.0 Å². The Hall–Kier alpha value is -2.00. The van der Waals surface area contributed by atoms with Crippen LogP contribution in [0.5, 0.6) is 0 Å². The fraction of sp³-hybridized carbons (Fsp3) is 0.600. The summed E-state index contributed by atoms with van der Waals surface area (Å²) >= 11 is 0. The van der Waals surface area contributed by atoms with E-state index in [-0.39, 0.29) is 23.8 Å². The van der Waals surface area contributed by atoms with Gasteiger partial charge in [0.25, 0.3) is 0 Å². The van der Waals surface area contributed by atoms with Gasteiger partial charge in [0.15, 0.2) is 0 Å². The van der Waals surface area contributed by atoms with Gasteiger partial charge in [-0.05, 0) is 44.7 Å². The molecule has 2 N–H and O–H groups in total. The van der Waals surface area contributed by atoms with Crippen molar-refractivity contribution in [2.75, 3.05) is 13.1 Å². The van der Waals surface area contributed by atoms with E-state index in [9.17, 15) is 22.4 Å². The highest BCUT2D eigenvalue weighted by molar-refractivity contribution is 7.89. The van der Waals surface area contributed by atoms with Crippen LogP contribution in [0.15, 0.2) is 29.2 Å². The van der Waals surface area contributed by atoms with Crippen LogP contribution in [0, 0.1) is 17.7 Å². The molecule has 0 saturated carbocycles. The van der Waals surface area contributed by atoms with E-state index in [1.165, 1.54) is 19.1 Å². The Bertz CT molecular complexity index is 836. The molecule has 0 bridgehead atoms. The largest absolute Gasteiger partial charge is 0.353 e. The summed E-state index contributed by atoms with van der Waals surface area (Å²) in [6, 6.07) is 4.06.